The molecule has 0 saturated heterocycles. The lowest BCUT2D eigenvalue weighted by molar-refractivity contribution is 0.254. The van der Waals surface area contributed by atoms with Crippen LogP contribution in [0.25, 0.3) is 0 Å². The molecule has 0 fully saturated rings. The molecule has 7 nitrogen and oxygen atoms in total. The third kappa shape index (κ3) is 6.09. The van der Waals surface area contributed by atoms with Gasteiger partial charge < -0.3 is 20.1 Å². The molecule has 2 rings (SSSR count). The minimum absolute atomic E-state index is 0.0617. The van der Waals surface area contributed by atoms with E-state index < -0.39 is 9.84 Å². The van der Waals surface area contributed by atoms with Crippen LogP contribution in [-0.4, -0.2) is 52.2 Å². The van der Waals surface area contributed by atoms with E-state index in [1.807, 2.05) is 32.9 Å². The number of ether oxygens (including phenoxy) is 2. The van der Waals surface area contributed by atoms with Gasteiger partial charge in [0.15, 0.2) is 5.96 Å². The van der Waals surface area contributed by atoms with Gasteiger partial charge in [-0.2, -0.15) is 0 Å². The molecule has 0 bridgehead atoms. The van der Waals surface area contributed by atoms with Crippen molar-refractivity contribution in [2.24, 2.45) is 4.99 Å². The highest BCUT2D eigenvalue weighted by atomic mass is 32.2. The number of benzene rings is 1. The first-order chi connectivity index (χ1) is 12.3. The van der Waals surface area contributed by atoms with Crippen molar-refractivity contribution < 1.29 is 17.9 Å². The summed E-state index contributed by atoms with van der Waals surface area (Å²) in [5, 5.41) is 6.17. The first-order valence-corrected chi connectivity index (χ1v) is 11.0. The van der Waals surface area contributed by atoms with Crippen molar-refractivity contribution in [3.05, 3.63) is 23.3 Å². The van der Waals surface area contributed by atoms with Crippen molar-refractivity contribution in [3.63, 3.8) is 0 Å². The van der Waals surface area contributed by atoms with Crippen molar-refractivity contribution in [3.8, 4) is 11.5 Å². The number of hydrogen-bond acceptors (Lipinski definition) is 5. The molecule has 1 heterocycles. The SMILES string of the molecule is CCNC(=NCc1cc2c(cc1OCC)CC(C)O2)NCCS(C)(=O)=O. The lowest BCUT2D eigenvalue weighted by Gasteiger charge is -2.13. The summed E-state index contributed by atoms with van der Waals surface area (Å²) in [7, 11) is -3.01. The van der Waals surface area contributed by atoms with Gasteiger partial charge >= 0.3 is 0 Å². The number of nitrogens with one attached hydrogen (secondary N) is 2. The highest BCUT2D eigenvalue weighted by Gasteiger charge is 2.21. The van der Waals surface area contributed by atoms with Crippen LogP contribution >= 0.6 is 0 Å². The summed E-state index contributed by atoms with van der Waals surface area (Å²) in [5.41, 5.74) is 2.10. The summed E-state index contributed by atoms with van der Waals surface area (Å²) in [6, 6.07) is 4.03. The molecule has 0 aromatic heterocycles. The summed E-state index contributed by atoms with van der Waals surface area (Å²) in [4.78, 5) is 4.55. The van der Waals surface area contributed by atoms with Gasteiger partial charge in [0.1, 0.15) is 27.4 Å². The van der Waals surface area contributed by atoms with Crippen LogP contribution in [0.15, 0.2) is 17.1 Å². The van der Waals surface area contributed by atoms with Crippen LogP contribution in [0, 0.1) is 0 Å². The van der Waals surface area contributed by atoms with Gasteiger partial charge in [0.05, 0.1) is 18.9 Å². The second kappa shape index (κ2) is 9.12. The molecule has 0 amide bonds. The van der Waals surface area contributed by atoms with Crippen LogP contribution in [0.1, 0.15) is 31.9 Å². The monoisotopic (exact) mass is 383 g/mol. The topological polar surface area (TPSA) is 89.0 Å². The molecular weight excluding hydrogens is 354 g/mol. The Morgan fingerprint density at radius 3 is 2.77 bits per heavy atom. The van der Waals surface area contributed by atoms with Crippen LogP contribution < -0.4 is 20.1 Å². The second-order valence-corrected chi connectivity index (χ2v) is 8.64. The van der Waals surface area contributed by atoms with Gasteiger partial charge in [-0.25, -0.2) is 13.4 Å². The van der Waals surface area contributed by atoms with Crippen LogP contribution in [0.3, 0.4) is 0 Å². The molecule has 1 aliphatic heterocycles. The van der Waals surface area contributed by atoms with Gasteiger partial charge in [-0.15, -0.1) is 0 Å². The second-order valence-electron chi connectivity index (χ2n) is 6.39. The Balaban J connectivity index is 2.13. The summed E-state index contributed by atoms with van der Waals surface area (Å²) in [6.45, 7) is 7.96. The van der Waals surface area contributed by atoms with E-state index >= 15 is 0 Å². The van der Waals surface area contributed by atoms with Crippen LogP contribution in [-0.2, 0) is 22.8 Å². The maximum absolute atomic E-state index is 11.3. The molecule has 2 N–H and O–H groups in total. The van der Waals surface area contributed by atoms with E-state index in [-0.39, 0.29) is 11.9 Å². The highest BCUT2D eigenvalue weighted by Crippen LogP contribution is 2.35. The molecule has 1 unspecified atom stereocenters. The molecule has 0 saturated carbocycles. The molecule has 1 aromatic carbocycles. The van der Waals surface area contributed by atoms with Crippen molar-refractivity contribution in [2.45, 2.75) is 39.8 Å². The summed E-state index contributed by atoms with van der Waals surface area (Å²) in [6.07, 6.45) is 2.28. The number of hydrogen-bond donors (Lipinski definition) is 2. The van der Waals surface area contributed by atoms with Crippen molar-refractivity contribution in [1.82, 2.24) is 10.6 Å². The number of guanidine groups is 1. The molecule has 0 aliphatic carbocycles. The normalized spacial score (nSPS) is 16.8. The molecule has 8 heteroatoms. The average Bonchev–Trinajstić information content (AvgIpc) is 2.90. The fourth-order valence-corrected chi connectivity index (χ4v) is 3.23. The van der Waals surface area contributed by atoms with Gasteiger partial charge in [0.2, 0.25) is 0 Å². The van der Waals surface area contributed by atoms with E-state index in [0.717, 1.165) is 29.0 Å². The number of rotatable bonds is 8. The third-order valence-electron chi connectivity index (χ3n) is 3.90. The van der Waals surface area contributed by atoms with E-state index in [1.54, 1.807) is 0 Å². The Morgan fingerprint density at radius 2 is 2.12 bits per heavy atom. The Labute approximate surface area is 156 Å². The number of nitrogens with zero attached hydrogens (tertiary/aromatic N) is 1. The quantitative estimate of drug-likeness (QED) is 0.522. The fourth-order valence-electron chi connectivity index (χ4n) is 2.76. The molecule has 0 spiro atoms. The Hall–Kier alpha value is -1.96. The molecule has 26 heavy (non-hydrogen) atoms. The lowest BCUT2D eigenvalue weighted by Crippen LogP contribution is -2.39. The molecule has 146 valence electrons. The molecule has 0 radical (unpaired) electrons. The number of sulfone groups is 1. The predicted molar refractivity (Wildman–Crippen MR) is 104 cm³/mol. The van der Waals surface area contributed by atoms with Crippen LogP contribution in [0.5, 0.6) is 11.5 Å². The van der Waals surface area contributed by atoms with Crippen molar-refractivity contribution in [1.29, 1.82) is 0 Å². The third-order valence-corrected chi connectivity index (χ3v) is 4.84. The fraction of sp³-hybridized carbons (Fsp3) is 0.611. The molecule has 1 aromatic rings. The maximum Gasteiger partial charge on any atom is 0.191 e. The highest BCUT2D eigenvalue weighted by molar-refractivity contribution is 7.90. The summed E-state index contributed by atoms with van der Waals surface area (Å²) in [5.74, 6) is 2.35. The largest absolute Gasteiger partial charge is 0.494 e. The van der Waals surface area contributed by atoms with E-state index in [1.165, 1.54) is 6.26 Å². The van der Waals surface area contributed by atoms with Gasteiger partial charge in [0, 0.05) is 36.9 Å². The van der Waals surface area contributed by atoms with Crippen LogP contribution in [0.4, 0.5) is 0 Å². The Morgan fingerprint density at radius 1 is 1.35 bits per heavy atom. The van der Waals surface area contributed by atoms with Gasteiger partial charge in [0.25, 0.3) is 0 Å². The minimum Gasteiger partial charge on any atom is -0.494 e. The van der Waals surface area contributed by atoms with E-state index in [0.29, 0.717) is 32.2 Å². The molecule has 1 atom stereocenters. The van der Waals surface area contributed by atoms with Gasteiger partial charge in [-0.3, -0.25) is 0 Å². The van der Waals surface area contributed by atoms with E-state index in [4.69, 9.17) is 9.47 Å². The van der Waals surface area contributed by atoms with Crippen molar-refractivity contribution in [2.75, 3.05) is 31.7 Å². The Kier molecular flexibility index (Phi) is 7.14. The summed E-state index contributed by atoms with van der Waals surface area (Å²) >= 11 is 0. The first kappa shape index (κ1) is 20.4. The smallest absolute Gasteiger partial charge is 0.191 e. The van der Waals surface area contributed by atoms with Crippen molar-refractivity contribution >= 4 is 15.8 Å². The predicted octanol–water partition coefficient (Wildman–Crippen LogP) is 1.51. The zero-order chi connectivity index (χ0) is 19.2. The van der Waals surface area contributed by atoms with Gasteiger partial charge in [-0.1, -0.05) is 0 Å². The maximum atomic E-state index is 11.3. The Bertz CT molecular complexity index is 747. The zero-order valence-electron chi connectivity index (χ0n) is 16.0. The number of fused-ring (bicyclic) bond motifs is 1. The summed E-state index contributed by atoms with van der Waals surface area (Å²) < 4.78 is 34.1. The lowest BCUT2D eigenvalue weighted by atomic mass is 10.1. The van der Waals surface area contributed by atoms with Gasteiger partial charge in [-0.05, 0) is 32.9 Å². The molecule has 1 aliphatic rings. The first-order valence-electron chi connectivity index (χ1n) is 8.97. The van der Waals surface area contributed by atoms with E-state index in [9.17, 15) is 8.42 Å². The standard InChI is InChI=1S/C18H29N3O4S/c1-5-19-18(20-7-8-26(4,22)23)21-12-15-11-17-14(9-13(3)25-17)10-16(15)24-6-2/h10-11,13H,5-9,12H2,1-4H3,(H2,19,20,21). The van der Waals surface area contributed by atoms with E-state index in [2.05, 4.69) is 15.6 Å². The molecular formula is C18H29N3O4S. The minimum atomic E-state index is -3.01. The van der Waals surface area contributed by atoms with Crippen LogP contribution in [0.2, 0.25) is 0 Å². The average molecular weight is 384 g/mol. The zero-order valence-corrected chi connectivity index (χ0v) is 16.8. The number of aliphatic imine (C=N–C) groups is 1.